The van der Waals surface area contributed by atoms with Crippen LogP contribution >= 0.6 is 0 Å². The second-order valence-corrected chi connectivity index (χ2v) is 20.9. The quantitative estimate of drug-likeness (QED) is 0.0261. The van der Waals surface area contributed by atoms with Crippen molar-refractivity contribution in [3.05, 3.63) is 146 Å². The molecule has 0 aromatic heterocycles. The summed E-state index contributed by atoms with van der Waals surface area (Å²) >= 11 is 0. The van der Waals surface area contributed by atoms with Crippen LogP contribution in [0.15, 0.2) is 146 Å². The number of allylic oxidation sites excluding steroid dienone is 24. The normalized spacial score (nSPS) is 13.1. The summed E-state index contributed by atoms with van der Waals surface area (Å²) in [5.41, 5.74) is 0. The molecule has 0 spiro atoms. The van der Waals surface area contributed by atoms with Crippen LogP contribution in [0.25, 0.3) is 0 Å². The van der Waals surface area contributed by atoms with E-state index < -0.39 is 6.10 Å². The Hall–Kier alpha value is -4.71. The largest absolute Gasteiger partial charge is 0.462 e. The molecule has 0 fully saturated rings. The highest BCUT2D eigenvalue weighted by atomic mass is 16.6. The third kappa shape index (κ3) is 64.0. The predicted octanol–water partition coefficient (Wildman–Crippen LogP) is 22.3. The van der Waals surface area contributed by atoms with Crippen molar-refractivity contribution in [1.29, 1.82) is 0 Å². The lowest BCUT2D eigenvalue weighted by molar-refractivity contribution is -0.167. The van der Waals surface area contributed by atoms with Crippen LogP contribution in [0.3, 0.4) is 0 Å². The van der Waals surface area contributed by atoms with Crippen molar-refractivity contribution in [3.63, 3.8) is 0 Å². The summed E-state index contributed by atoms with van der Waals surface area (Å²) in [5.74, 6) is -0.943. The van der Waals surface area contributed by atoms with Gasteiger partial charge in [0.2, 0.25) is 0 Å². The van der Waals surface area contributed by atoms with Crippen LogP contribution in [0.5, 0.6) is 0 Å². The molecule has 0 rings (SSSR count). The minimum absolute atomic E-state index is 0.0973. The summed E-state index contributed by atoms with van der Waals surface area (Å²) in [5, 5.41) is 0. The Bertz CT molecular complexity index is 1730. The van der Waals surface area contributed by atoms with Crippen LogP contribution < -0.4 is 0 Å². The molecule has 0 heterocycles. The molecule has 79 heavy (non-hydrogen) atoms. The summed E-state index contributed by atoms with van der Waals surface area (Å²) in [6.07, 6.45) is 94.4. The van der Waals surface area contributed by atoms with Crippen molar-refractivity contribution in [3.8, 4) is 0 Å². The van der Waals surface area contributed by atoms with E-state index in [1.165, 1.54) is 70.6 Å². The summed E-state index contributed by atoms with van der Waals surface area (Å²) < 4.78 is 16.8. The standard InChI is InChI=1S/C73H118O6/c1-4-7-10-13-16-19-22-24-26-28-29-30-31-32-33-34-35-36-37-38-39-40-41-42-43-44-45-46-48-49-51-54-57-60-63-66-72(75)78-69-70(68-77-71(74)65-62-59-56-53-21-18-15-12-9-6-3)79-73(76)67-64-61-58-55-52-50-47-27-25-23-20-17-14-11-8-5-2/h7,10,12,15-16,19,24,26-27,29-30,32-33,35-36,38-39,41-42,44-45,47-49,70H,4-6,8-9,11,13-14,17-18,20-23,25,28,31,34,37,40,43,46,50-69H2,1-3H3/b10-7-,15-12-,19-16-,26-24-,30-29-,33-32-,36-35-,39-38-,42-41-,45-44-,47-27-,49-48-. The molecule has 0 saturated carbocycles. The van der Waals surface area contributed by atoms with E-state index >= 15 is 0 Å². The van der Waals surface area contributed by atoms with E-state index in [0.29, 0.717) is 19.3 Å². The Morgan fingerprint density at radius 2 is 0.519 bits per heavy atom. The number of carbonyl (C=O) groups is 3. The van der Waals surface area contributed by atoms with E-state index in [1.807, 2.05) is 0 Å². The van der Waals surface area contributed by atoms with Gasteiger partial charge in [-0.3, -0.25) is 14.4 Å². The molecule has 0 saturated heterocycles. The number of hydrogen-bond donors (Lipinski definition) is 0. The van der Waals surface area contributed by atoms with Crippen molar-refractivity contribution in [2.75, 3.05) is 13.2 Å². The van der Waals surface area contributed by atoms with Crippen molar-refractivity contribution in [2.24, 2.45) is 0 Å². The van der Waals surface area contributed by atoms with Gasteiger partial charge >= 0.3 is 17.9 Å². The molecule has 6 heteroatoms. The van der Waals surface area contributed by atoms with E-state index in [2.05, 4.69) is 167 Å². The lowest BCUT2D eigenvalue weighted by Crippen LogP contribution is -2.30. The van der Waals surface area contributed by atoms with Crippen LogP contribution in [0.1, 0.15) is 278 Å². The van der Waals surface area contributed by atoms with E-state index in [9.17, 15) is 14.4 Å². The molecule has 0 aromatic rings. The first kappa shape index (κ1) is 74.3. The molecule has 0 aliphatic heterocycles. The van der Waals surface area contributed by atoms with Gasteiger partial charge in [-0.1, -0.05) is 263 Å². The van der Waals surface area contributed by atoms with Crippen molar-refractivity contribution >= 4 is 17.9 Å². The number of esters is 3. The molecule has 0 aromatic carbocycles. The fraction of sp³-hybridized carbons (Fsp3) is 0.630. The number of carbonyl (C=O) groups excluding carboxylic acids is 3. The maximum Gasteiger partial charge on any atom is 0.306 e. The lowest BCUT2D eigenvalue weighted by atomic mass is 10.1. The molecule has 0 aliphatic carbocycles. The van der Waals surface area contributed by atoms with Gasteiger partial charge in [-0.05, 0) is 141 Å². The Labute approximate surface area is 487 Å². The van der Waals surface area contributed by atoms with Gasteiger partial charge in [-0.15, -0.1) is 0 Å². The fourth-order valence-electron chi connectivity index (χ4n) is 8.47. The van der Waals surface area contributed by atoms with Crippen molar-refractivity contribution < 1.29 is 28.6 Å². The molecule has 0 N–H and O–H groups in total. The molecule has 446 valence electrons. The lowest BCUT2D eigenvalue weighted by Gasteiger charge is -2.18. The minimum atomic E-state index is -0.801. The number of ether oxygens (including phenoxy) is 3. The average Bonchev–Trinajstić information content (AvgIpc) is 3.45. The summed E-state index contributed by atoms with van der Waals surface area (Å²) in [4.78, 5) is 38.2. The zero-order valence-corrected chi connectivity index (χ0v) is 51.1. The maximum atomic E-state index is 12.9. The SMILES string of the molecule is CC/C=C\C/C=C\C/C=C\C/C=C\C/C=C\C/C=C\C/C=C\C/C=C\C/C=C\C/C=C\CCCCCCC(=O)OCC(COC(=O)CCCCCCC/C=C\CCC)OC(=O)CCCCCCC/C=C\CCCCCCCCC. The number of unbranched alkanes of at least 4 members (excludes halogenated alkanes) is 22. The Morgan fingerprint density at radius 1 is 0.266 bits per heavy atom. The third-order valence-electron chi connectivity index (χ3n) is 13.3. The topological polar surface area (TPSA) is 78.9 Å². The van der Waals surface area contributed by atoms with Crippen LogP contribution in [-0.4, -0.2) is 37.2 Å². The predicted molar refractivity (Wildman–Crippen MR) is 343 cm³/mol. The van der Waals surface area contributed by atoms with Crippen LogP contribution in [-0.2, 0) is 28.6 Å². The van der Waals surface area contributed by atoms with E-state index in [1.54, 1.807) is 0 Å². The molecule has 6 nitrogen and oxygen atoms in total. The summed E-state index contributed by atoms with van der Waals surface area (Å²) in [7, 11) is 0. The van der Waals surface area contributed by atoms with Gasteiger partial charge in [-0.2, -0.15) is 0 Å². The highest BCUT2D eigenvalue weighted by molar-refractivity contribution is 5.71. The summed E-state index contributed by atoms with van der Waals surface area (Å²) in [6.45, 7) is 6.42. The molecular weight excluding hydrogens is 973 g/mol. The monoisotopic (exact) mass is 1090 g/mol. The zero-order valence-electron chi connectivity index (χ0n) is 51.1. The number of rotatable bonds is 57. The van der Waals surface area contributed by atoms with Crippen molar-refractivity contribution in [1.82, 2.24) is 0 Å². The molecule has 0 radical (unpaired) electrons. The highest BCUT2D eigenvalue weighted by Gasteiger charge is 2.19. The first-order valence-corrected chi connectivity index (χ1v) is 32.3. The Morgan fingerprint density at radius 3 is 0.835 bits per heavy atom. The first-order chi connectivity index (χ1) is 39.0. The molecule has 0 amide bonds. The molecular formula is C73H118O6. The minimum Gasteiger partial charge on any atom is -0.462 e. The van der Waals surface area contributed by atoms with Gasteiger partial charge < -0.3 is 14.2 Å². The van der Waals surface area contributed by atoms with Gasteiger partial charge in [0, 0.05) is 19.3 Å². The summed E-state index contributed by atoms with van der Waals surface area (Å²) in [6, 6.07) is 0. The van der Waals surface area contributed by atoms with Crippen LogP contribution in [0, 0.1) is 0 Å². The molecule has 1 atom stereocenters. The second kappa shape index (κ2) is 65.8. The smallest absolute Gasteiger partial charge is 0.306 e. The van der Waals surface area contributed by atoms with Crippen molar-refractivity contribution in [2.45, 2.75) is 284 Å². The number of hydrogen-bond acceptors (Lipinski definition) is 6. The highest BCUT2D eigenvalue weighted by Crippen LogP contribution is 2.14. The van der Waals surface area contributed by atoms with E-state index in [0.717, 1.165) is 167 Å². The Kier molecular flexibility index (Phi) is 61.9. The second-order valence-electron chi connectivity index (χ2n) is 20.9. The molecule has 0 bridgehead atoms. The third-order valence-corrected chi connectivity index (χ3v) is 13.3. The first-order valence-electron chi connectivity index (χ1n) is 32.3. The van der Waals surface area contributed by atoms with Gasteiger partial charge in [-0.25, -0.2) is 0 Å². The molecule has 0 aliphatic rings. The van der Waals surface area contributed by atoms with Gasteiger partial charge in [0.25, 0.3) is 0 Å². The van der Waals surface area contributed by atoms with Gasteiger partial charge in [0.05, 0.1) is 0 Å². The van der Waals surface area contributed by atoms with Crippen LogP contribution in [0.2, 0.25) is 0 Å². The van der Waals surface area contributed by atoms with Crippen LogP contribution in [0.4, 0.5) is 0 Å². The Balaban J connectivity index is 4.28. The van der Waals surface area contributed by atoms with Gasteiger partial charge in [0.1, 0.15) is 13.2 Å². The zero-order chi connectivity index (χ0) is 57.1. The fourth-order valence-corrected chi connectivity index (χ4v) is 8.47. The van der Waals surface area contributed by atoms with E-state index in [-0.39, 0.29) is 31.1 Å². The maximum absolute atomic E-state index is 12.9. The molecule has 1 unspecified atom stereocenters. The van der Waals surface area contributed by atoms with E-state index in [4.69, 9.17) is 14.2 Å². The van der Waals surface area contributed by atoms with Gasteiger partial charge in [0.15, 0.2) is 6.10 Å². The average molecular weight is 1090 g/mol.